The predicted octanol–water partition coefficient (Wildman–Crippen LogP) is 3.21. The minimum Gasteiger partial charge on any atom is -0.497 e. The number of benzene rings is 2. The summed E-state index contributed by atoms with van der Waals surface area (Å²) in [6.07, 6.45) is 2.85. The molecule has 0 heterocycles. The van der Waals surface area contributed by atoms with E-state index in [1.54, 1.807) is 37.5 Å². The highest BCUT2D eigenvalue weighted by atomic mass is 16.5. The Kier molecular flexibility index (Phi) is 6.79. The van der Waals surface area contributed by atoms with Gasteiger partial charge < -0.3 is 19.5 Å². The highest BCUT2D eigenvalue weighted by molar-refractivity contribution is 5.95. The molecule has 0 aliphatic carbocycles. The largest absolute Gasteiger partial charge is 0.497 e. The van der Waals surface area contributed by atoms with Gasteiger partial charge in [0.15, 0.2) is 6.61 Å². The molecule has 1 amide bonds. The molecule has 0 aliphatic heterocycles. The summed E-state index contributed by atoms with van der Waals surface area (Å²) in [6, 6.07) is 12.6. The van der Waals surface area contributed by atoms with Crippen molar-refractivity contribution in [1.29, 1.82) is 0 Å². The van der Waals surface area contributed by atoms with Crippen LogP contribution in [0.2, 0.25) is 0 Å². The van der Waals surface area contributed by atoms with Gasteiger partial charge in [-0.3, -0.25) is 4.79 Å². The number of ether oxygens (including phenoxy) is 3. The van der Waals surface area contributed by atoms with Crippen molar-refractivity contribution >= 4 is 23.6 Å². The van der Waals surface area contributed by atoms with Crippen molar-refractivity contribution in [3.63, 3.8) is 0 Å². The lowest BCUT2D eigenvalue weighted by Crippen LogP contribution is -2.20. The molecule has 26 heavy (non-hydrogen) atoms. The molecule has 0 fully saturated rings. The first-order valence-corrected chi connectivity index (χ1v) is 7.95. The summed E-state index contributed by atoms with van der Waals surface area (Å²) in [4.78, 5) is 23.7. The van der Waals surface area contributed by atoms with Gasteiger partial charge >= 0.3 is 5.97 Å². The van der Waals surface area contributed by atoms with Crippen LogP contribution < -0.4 is 14.8 Å². The zero-order valence-electron chi connectivity index (χ0n) is 14.9. The molecule has 0 aromatic heterocycles. The van der Waals surface area contributed by atoms with E-state index in [-0.39, 0.29) is 0 Å². The Balaban J connectivity index is 1.87. The molecule has 0 unspecified atom stereocenters. The summed E-state index contributed by atoms with van der Waals surface area (Å²) >= 11 is 0. The lowest BCUT2D eigenvalue weighted by Gasteiger charge is -2.10. The Labute approximate surface area is 152 Å². The average molecular weight is 355 g/mol. The second-order valence-electron chi connectivity index (χ2n) is 5.47. The maximum atomic E-state index is 12.0. The monoisotopic (exact) mass is 355 g/mol. The highest BCUT2D eigenvalue weighted by Crippen LogP contribution is 2.25. The van der Waals surface area contributed by atoms with Gasteiger partial charge in [-0.05, 0) is 48.4 Å². The molecule has 0 saturated carbocycles. The second kappa shape index (κ2) is 9.27. The van der Waals surface area contributed by atoms with Gasteiger partial charge in [0.05, 0.1) is 19.9 Å². The van der Waals surface area contributed by atoms with Crippen LogP contribution in [0.3, 0.4) is 0 Å². The SMILES string of the molecule is COc1cccc(C=CC(=O)OCC(=O)Nc2cc(C)ccc2OC)c1. The third-order valence-corrected chi connectivity index (χ3v) is 3.48. The summed E-state index contributed by atoms with van der Waals surface area (Å²) < 4.78 is 15.2. The molecule has 2 aromatic carbocycles. The van der Waals surface area contributed by atoms with E-state index in [0.717, 1.165) is 11.1 Å². The van der Waals surface area contributed by atoms with Gasteiger partial charge in [0.1, 0.15) is 11.5 Å². The standard InChI is InChI=1S/C20H21NO5/c1-14-7-9-18(25-3)17(11-14)21-19(22)13-26-20(23)10-8-15-5-4-6-16(12-15)24-2/h4-12H,13H2,1-3H3,(H,21,22). The van der Waals surface area contributed by atoms with Crippen LogP contribution >= 0.6 is 0 Å². The number of rotatable bonds is 7. The third kappa shape index (κ3) is 5.66. The maximum Gasteiger partial charge on any atom is 0.331 e. The van der Waals surface area contributed by atoms with Crippen molar-refractivity contribution in [3.05, 3.63) is 59.7 Å². The minimum atomic E-state index is -0.612. The number of hydrogen-bond acceptors (Lipinski definition) is 5. The Bertz CT molecular complexity index is 814. The van der Waals surface area contributed by atoms with Gasteiger partial charge in [0.2, 0.25) is 0 Å². The van der Waals surface area contributed by atoms with Crippen molar-refractivity contribution < 1.29 is 23.8 Å². The van der Waals surface area contributed by atoms with Crippen LogP contribution in [0.5, 0.6) is 11.5 Å². The predicted molar refractivity (Wildman–Crippen MR) is 99.3 cm³/mol. The van der Waals surface area contributed by atoms with Crippen molar-refractivity contribution in [2.24, 2.45) is 0 Å². The third-order valence-electron chi connectivity index (χ3n) is 3.48. The summed E-state index contributed by atoms with van der Waals surface area (Å²) in [5.74, 6) is 0.163. The molecule has 2 aromatic rings. The van der Waals surface area contributed by atoms with Crippen molar-refractivity contribution in [3.8, 4) is 11.5 Å². The molecular formula is C20H21NO5. The molecule has 6 nitrogen and oxygen atoms in total. The number of amides is 1. The summed E-state index contributed by atoms with van der Waals surface area (Å²) in [5.41, 5.74) is 2.29. The van der Waals surface area contributed by atoms with E-state index in [1.165, 1.54) is 13.2 Å². The number of anilines is 1. The number of nitrogens with one attached hydrogen (secondary N) is 1. The van der Waals surface area contributed by atoms with Gasteiger partial charge in [-0.15, -0.1) is 0 Å². The van der Waals surface area contributed by atoms with Crippen LogP contribution in [-0.2, 0) is 14.3 Å². The van der Waals surface area contributed by atoms with E-state index in [1.807, 2.05) is 25.1 Å². The number of carbonyl (C=O) groups excluding carboxylic acids is 2. The molecule has 6 heteroatoms. The lowest BCUT2D eigenvalue weighted by atomic mass is 10.2. The number of esters is 1. The van der Waals surface area contributed by atoms with Crippen molar-refractivity contribution in [2.45, 2.75) is 6.92 Å². The maximum absolute atomic E-state index is 12.0. The van der Waals surface area contributed by atoms with E-state index in [4.69, 9.17) is 14.2 Å². The van der Waals surface area contributed by atoms with E-state index in [0.29, 0.717) is 17.2 Å². The van der Waals surface area contributed by atoms with Crippen LogP contribution in [0.25, 0.3) is 6.08 Å². The van der Waals surface area contributed by atoms with Crippen LogP contribution in [-0.4, -0.2) is 32.7 Å². The first-order chi connectivity index (χ1) is 12.5. The molecule has 0 spiro atoms. The first kappa shape index (κ1) is 19.1. The second-order valence-corrected chi connectivity index (χ2v) is 5.47. The van der Waals surface area contributed by atoms with Crippen LogP contribution in [0, 0.1) is 6.92 Å². The fraction of sp³-hybridized carbons (Fsp3) is 0.200. The molecule has 0 bridgehead atoms. The zero-order chi connectivity index (χ0) is 18.9. The van der Waals surface area contributed by atoms with Gasteiger partial charge in [-0.25, -0.2) is 4.79 Å². The molecule has 0 radical (unpaired) electrons. The van der Waals surface area contributed by atoms with Gasteiger partial charge in [-0.2, -0.15) is 0 Å². The van der Waals surface area contributed by atoms with E-state index >= 15 is 0 Å². The van der Waals surface area contributed by atoms with Crippen molar-refractivity contribution in [1.82, 2.24) is 0 Å². The topological polar surface area (TPSA) is 73.9 Å². The molecule has 2 rings (SSSR count). The Morgan fingerprint density at radius 1 is 1.08 bits per heavy atom. The van der Waals surface area contributed by atoms with E-state index in [2.05, 4.69) is 5.32 Å². The number of methoxy groups -OCH3 is 2. The smallest absolute Gasteiger partial charge is 0.331 e. The minimum absolute atomic E-state index is 0.390. The van der Waals surface area contributed by atoms with Gasteiger partial charge in [0.25, 0.3) is 5.91 Å². The van der Waals surface area contributed by atoms with Gasteiger partial charge in [-0.1, -0.05) is 18.2 Å². The summed E-state index contributed by atoms with van der Waals surface area (Å²) in [6.45, 7) is 1.51. The Morgan fingerprint density at radius 3 is 2.62 bits per heavy atom. The first-order valence-electron chi connectivity index (χ1n) is 7.95. The number of carbonyl (C=O) groups is 2. The normalized spacial score (nSPS) is 10.4. The van der Waals surface area contributed by atoms with E-state index in [9.17, 15) is 9.59 Å². The fourth-order valence-corrected chi connectivity index (χ4v) is 2.20. The molecule has 136 valence electrons. The summed E-state index contributed by atoms with van der Waals surface area (Å²) in [5, 5.41) is 2.66. The fourth-order valence-electron chi connectivity index (χ4n) is 2.20. The zero-order valence-corrected chi connectivity index (χ0v) is 14.9. The molecule has 0 aliphatic rings. The highest BCUT2D eigenvalue weighted by Gasteiger charge is 2.09. The van der Waals surface area contributed by atoms with E-state index < -0.39 is 18.5 Å². The van der Waals surface area contributed by atoms with Crippen LogP contribution in [0.1, 0.15) is 11.1 Å². The average Bonchev–Trinajstić information content (AvgIpc) is 2.65. The van der Waals surface area contributed by atoms with Gasteiger partial charge in [0, 0.05) is 6.08 Å². The van der Waals surface area contributed by atoms with Crippen molar-refractivity contribution in [2.75, 3.05) is 26.1 Å². The van der Waals surface area contributed by atoms with Crippen LogP contribution in [0.4, 0.5) is 5.69 Å². The quantitative estimate of drug-likeness (QED) is 0.610. The lowest BCUT2D eigenvalue weighted by molar-refractivity contribution is -0.142. The molecule has 1 N–H and O–H groups in total. The molecular weight excluding hydrogens is 334 g/mol. The Hall–Kier alpha value is -3.28. The molecule has 0 atom stereocenters. The Morgan fingerprint density at radius 2 is 1.88 bits per heavy atom. The van der Waals surface area contributed by atoms with Crippen LogP contribution in [0.15, 0.2) is 48.5 Å². The number of aryl methyl sites for hydroxylation is 1. The molecule has 0 saturated heterocycles. The summed E-state index contributed by atoms with van der Waals surface area (Å²) in [7, 11) is 3.09. The number of hydrogen-bond donors (Lipinski definition) is 1.